The van der Waals surface area contributed by atoms with E-state index in [1.54, 1.807) is 6.07 Å². The van der Waals surface area contributed by atoms with E-state index in [1.807, 2.05) is 18.2 Å². The van der Waals surface area contributed by atoms with Crippen LogP contribution in [0.4, 0.5) is 8.78 Å². The summed E-state index contributed by atoms with van der Waals surface area (Å²) in [6.07, 6.45) is 0. The van der Waals surface area contributed by atoms with Gasteiger partial charge in [0.2, 0.25) is 5.88 Å². The van der Waals surface area contributed by atoms with Crippen LogP contribution in [0.25, 0.3) is 22.3 Å². The van der Waals surface area contributed by atoms with Crippen molar-refractivity contribution in [1.82, 2.24) is 25.1 Å². The molecule has 1 N–H and O–H groups in total. The number of benzene rings is 2. The van der Waals surface area contributed by atoms with E-state index in [0.29, 0.717) is 48.0 Å². The fourth-order valence-corrected chi connectivity index (χ4v) is 3.87. The number of nitrogens with zero attached hydrogens (tertiary/aromatic N) is 4. The van der Waals surface area contributed by atoms with Gasteiger partial charge in [0.05, 0.1) is 18.9 Å². The predicted octanol–water partition coefficient (Wildman–Crippen LogP) is 4.45. The number of ether oxygens (including phenoxy) is 3. The highest BCUT2D eigenvalue weighted by molar-refractivity contribution is 6.33. The molecule has 0 spiro atoms. The molecule has 1 aliphatic heterocycles. The first kappa shape index (κ1) is 22.5. The van der Waals surface area contributed by atoms with Crippen molar-refractivity contribution in [3.8, 4) is 28.9 Å². The first-order valence-electron chi connectivity index (χ1n) is 10.7. The van der Waals surface area contributed by atoms with Crippen LogP contribution in [0.1, 0.15) is 0 Å². The molecule has 176 valence electrons. The summed E-state index contributed by atoms with van der Waals surface area (Å²) in [5.74, 6) is -1.61. The van der Waals surface area contributed by atoms with Gasteiger partial charge in [-0.1, -0.05) is 29.8 Å². The van der Waals surface area contributed by atoms with E-state index in [-0.39, 0.29) is 23.3 Å². The number of halogens is 3. The maximum Gasteiger partial charge on any atom is 0.327 e. The van der Waals surface area contributed by atoms with Crippen LogP contribution in [0, 0.1) is 11.6 Å². The van der Waals surface area contributed by atoms with Crippen molar-refractivity contribution in [3.05, 3.63) is 59.1 Å². The van der Waals surface area contributed by atoms with Gasteiger partial charge in [0.25, 0.3) is 0 Å². The number of hydrogen-bond acceptors (Lipinski definition) is 7. The normalized spacial score (nSPS) is 14.4. The highest BCUT2D eigenvalue weighted by Gasteiger charge is 2.21. The van der Waals surface area contributed by atoms with Gasteiger partial charge in [0.15, 0.2) is 17.2 Å². The highest BCUT2D eigenvalue weighted by atomic mass is 35.5. The van der Waals surface area contributed by atoms with Crippen molar-refractivity contribution in [1.29, 1.82) is 0 Å². The van der Waals surface area contributed by atoms with Gasteiger partial charge in [0, 0.05) is 36.3 Å². The molecule has 0 aliphatic carbocycles. The molecule has 2 aromatic heterocycles. The number of morpholine rings is 1. The van der Waals surface area contributed by atoms with Crippen molar-refractivity contribution < 1.29 is 23.0 Å². The van der Waals surface area contributed by atoms with Crippen LogP contribution in [0.5, 0.6) is 17.6 Å². The van der Waals surface area contributed by atoms with Crippen LogP contribution < -0.4 is 9.47 Å². The lowest BCUT2D eigenvalue weighted by Gasteiger charge is -2.26. The minimum atomic E-state index is -0.878. The lowest BCUT2D eigenvalue weighted by molar-refractivity contribution is 0.0320. The molecule has 1 fully saturated rings. The molecule has 3 heterocycles. The molecule has 5 rings (SSSR count). The van der Waals surface area contributed by atoms with Crippen molar-refractivity contribution in [2.75, 3.05) is 39.5 Å². The summed E-state index contributed by atoms with van der Waals surface area (Å²) in [5, 5.41) is 8.23. The Bertz CT molecular complexity index is 1310. The molecule has 2 aromatic carbocycles. The number of rotatable bonds is 7. The lowest BCUT2D eigenvalue weighted by Crippen LogP contribution is -2.38. The second-order valence-corrected chi connectivity index (χ2v) is 7.97. The molecule has 1 saturated heterocycles. The molecule has 0 unspecified atom stereocenters. The van der Waals surface area contributed by atoms with E-state index in [4.69, 9.17) is 25.8 Å². The second kappa shape index (κ2) is 9.88. The summed E-state index contributed by atoms with van der Waals surface area (Å²) >= 11 is 6.40. The topological polar surface area (TPSA) is 85.4 Å². The van der Waals surface area contributed by atoms with Crippen molar-refractivity contribution in [2.24, 2.45) is 0 Å². The fraction of sp³-hybridized carbons (Fsp3) is 0.261. The van der Waals surface area contributed by atoms with Gasteiger partial charge >= 0.3 is 6.01 Å². The summed E-state index contributed by atoms with van der Waals surface area (Å²) in [7, 11) is 0. The zero-order chi connectivity index (χ0) is 23.5. The maximum atomic E-state index is 14.1. The van der Waals surface area contributed by atoms with Crippen LogP contribution in [0.15, 0.2) is 42.5 Å². The van der Waals surface area contributed by atoms with Crippen molar-refractivity contribution >= 4 is 22.6 Å². The number of aromatic amines is 1. The molecular formula is C23H20ClF2N5O3. The highest BCUT2D eigenvalue weighted by Crippen LogP contribution is 2.36. The molecule has 0 amide bonds. The Morgan fingerprint density at radius 2 is 1.91 bits per heavy atom. The third kappa shape index (κ3) is 4.79. The predicted molar refractivity (Wildman–Crippen MR) is 121 cm³/mol. The van der Waals surface area contributed by atoms with Gasteiger partial charge in [0.1, 0.15) is 17.8 Å². The second-order valence-electron chi connectivity index (χ2n) is 7.57. The van der Waals surface area contributed by atoms with Crippen LogP contribution in [-0.2, 0) is 4.74 Å². The molecule has 4 aromatic rings. The lowest BCUT2D eigenvalue weighted by atomic mass is 10.1. The smallest absolute Gasteiger partial charge is 0.327 e. The number of H-pyrrole nitrogens is 1. The van der Waals surface area contributed by atoms with E-state index < -0.39 is 11.6 Å². The third-order valence-corrected chi connectivity index (χ3v) is 5.68. The van der Waals surface area contributed by atoms with Gasteiger partial charge in [-0.15, -0.1) is 0 Å². The summed E-state index contributed by atoms with van der Waals surface area (Å²) in [6.45, 7) is 3.99. The first-order valence-corrected chi connectivity index (χ1v) is 11.0. The van der Waals surface area contributed by atoms with E-state index in [0.717, 1.165) is 31.3 Å². The first-order chi connectivity index (χ1) is 16.6. The Balaban J connectivity index is 1.50. The van der Waals surface area contributed by atoms with Crippen LogP contribution >= 0.6 is 11.6 Å². The summed E-state index contributed by atoms with van der Waals surface area (Å²) in [5.41, 5.74) is 1.54. The number of hydrogen-bond donors (Lipinski definition) is 1. The molecule has 0 saturated carbocycles. The number of fused-ring (bicyclic) bond motifs is 1. The average Bonchev–Trinajstić information content (AvgIpc) is 3.26. The van der Waals surface area contributed by atoms with E-state index >= 15 is 0 Å². The van der Waals surface area contributed by atoms with Crippen LogP contribution in [0.3, 0.4) is 0 Å². The van der Waals surface area contributed by atoms with Gasteiger partial charge in [-0.3, -0.25) is 10.00 Å². The molecule has 0 bridgehead atoms. The number of nitrogens with one attached hydrogen (secondary N) is 1. The Kier molecular flexibility index (Phi) is 6.52. The monoisotopic (exact) mass is 487 g/mol. The Hall–Kier alpha value is -3.34. The van der Waals surface area contributed by atoms with Gasteiger partial charge in [-0.2, -0.15) is 15.1 Å². The molecular weight excluding hydrogens is 468 g/mol. The van der Waals surface area contributed by atoms with Crippen molar-refractivity contribution in [2.45, 2.75) is 0 Å². The summed E-state index contributed by atoms with van der Waals surface area (Å²) in [6, 6.07) is 10.1. The SMILES string of the molecule is Fc1ccc(Oc2nc(OCCN3CCOCC3)c3c(-c4ccccc4Cl)[nH]nc3n2)c(F)c1. The standard InChI is InChI=1S/C23H20ClF2N5O3/c24-16-4-2-1-3-15(16)20-19-21(30-29-20)27-23(34-18-6-5-14(25)13-17(18)26)28-22(19)33-12-9-31-7-10-32-11-8-31/h1-6,13H,7-12H2,(H,27,28,29,30). The molecule has 0 atom stereocenters. The van der Waals surface area contributed by atoms with Gasteiger partial charge < -0.3 is 14.2 Å². The Morgan fingerprint density at radius 1 is 1.09 bits per heavy atom. The summed E-state index contributed by atoms with van der Waals surface area (Å²) < 4.78 is 44.3. The number of aromatic nitrogens is 4. The summed E-state index contributed by atoms with van der Waals surface area (Å²) in [4.78, 5) is 10.9. The van der Waals surface area contributed by atoms with Crippen molar-refractivity contribution in [3.63, 3.8) is 0 Å². The van der Waals surface area contributed by atoms with Crippen LogP contribution in [0.2, 0.25) is 5.02 Å². The third-order valence-electron chi connectivity index (χ3n) is 5.35. The Morgan fingerprint density at radius 3 is 2.71 bits per heavy atom. The minimum Gasteiger partial charge on any atom is -0.476 e. The van der Waals surface area contributed by atoms with E-state index in [2.05, 4.69) is 25.1 Å². The molecule has 0 radical (unpaired) electrons. The quantitative estimate of drug-likeness (QED) is 0.412. The molecule has 1 aliphatic rings. The molecule has 8 nitrogen and oxygen atoms in total. The molecule has 34 heavy (non-hydrogen) atoms. The van der Waals surface area contributed by atoms with E-state index in [9.17, 15) is 8.78 Å². The molecule has 11 heteroatoms. The Labute approximate surface area is 198 Å². The fourth-order valence-electron chi connectivity index (χ4n) is 3.64. The van der Waals surface area contributed by atoms with Gasteiger partial charge in [-0.05, 0) is 18.2 Å². The van der Waals surface area contributed by atoms with E-state index in [1.165, 1.54) is 0 Å². The van der Waals surface area contributed by atoms with Crippen LogP contribution in [-0.4, -0.2) is 64.5 Å². The zero-order valence-electron chi connectivity index (χ0n) is 17.9. The largest absolute Gasteiger partial charge is 0.476 e. The zero-order valence-corrected chi connectivity index (χ0v) is 18.7. The average molecular weight is 488 g/mol. The minimum absolute atomic E-state index is 0.184. The maximum absolute atomic E-state index is 14.1. The van der Waals surface area contributed by atoms with Gasteiger partial charge in [-0.25, -0.2) is 8.78 Å².